The third kappa shape index (κ3) is 2.41. The lowest BCUT2D eigenvalue weighted by Crippen LogP contribution is -2.10. The zero-order valence-corrected chi connectivity index (χ0v) is 9.00. The topological polar surface area (TPSA) is 0 Å². The first kappa shape index (κ1) is 11.8. The SMILES string of the molecule is C=C(c1cc(C)c(C)c(C)c1)C(F)(F)F. The summed E-state index contributed by atoms with van der Waals surface area (Å²) in [5.74, 6) is 0. The Morgan fingerprint density at radius 2 is 1.47 bits per heavy atom. The van der Waals surface area contributed by atoms with Crippen molar-refractivity contribution in [3.05, 3.63) is 41.0 Å². The minimum atomic E-state index is -4.35. The number of hydrogen-bond acceptors (Lipinski definition) is 0. The molecule has 0 N–H and O–H groups in total. The first-order valence-corrected chi connectivity index (χ1v) is 4.58. The van der Waals surface area contributed by atoms with Crippen LogP contribution in [-0.2, 0) is 0 Å². The maximum atomic E-state index is 12.4. The number of alkyl halides is 3. The van der Waals surface area contributed by atoms with E-state index in [4.69, 9.17) is 0 Å². The van der Waals surface area contributed by atoms with Gasteiger partial charge in [0.25, 0.3) is 0 Å². The molecule has 0 heterocycles. The van der Waals surface area contributed by atoms with Crippen LogP contribution in [0.2, 0.25) is 0 Å². The molecule has 0 radical (unpaired) electrons. The number of halogens is 3. The van der Waals surface area contributed by atoms with E-state index in [-0.39, 0.29) is 5.56 Å². The van der Waals surface area contributed by atoms with E-state index < -0.39 is 11.7 Å². The average molecular weight is 214 g/mol. The Labute approximate surface area is 87.4 Å². The minimum absolute atomic E-state index is 0.156. The van der Waals surface area contributed by atoms with Crippen LogP contribution in [0, 0.1) is 20.8 Å². The molecule has 0 aliphatic heterocycles. The van der Waals surface area contributed by atoms with Gasteiger partial charge in [-0.25, -0.2) is 0 Å². The summed E-state index contributed by atoms with van der Waals surface area (Å²) in [6, 6.07) is 3.05. The quantitative estimate of drug-likeness (QED) is 0.657. The van der Waals surface area contributed by atoms with E-state index in [9.17, 15) is 13.2 Å². The van der Waals surface area contributed by atoms with Crippen LogP contribution in [0.4, 0.5) is 13.2 Å². The van der Waals surface area contributed by atoms with E-state index in [0.29, 0.717) is 0 Å². The summed E-state index contributed by atoms with van der Waals surface area (Å²) < 4.78 is 37.2. The third-order valence-corrected chi connectivity index (χ3v) is 2.62. The Morgan fingerprint density at radius 3 is 1.80 bits per heavy atom. The van der Waals surface area contributed by atoms with Gasteiger partial charge in [-0.2, -0.15) is 13.2 Å². The Kier molecular flexibility index (Phi) is 2.93. The molecular weight excluding hydrogens is 201 g/mol. The van der Waals surface area contributed by atoms with Gasteiger partial charge in [0.15, 0.2) is 0 Å². The van der Waals surface area contributed by atoms with E-state index in [0.717, 1.165) is 16.7 Å². The molecule has 0 saturated heterocycles. The molecule has 3 heteroatoms. The summed E-state index contributed by atoms with van der Waals surface area (Å²) >= 11 is 0. The predicted octanol–water partition coefficient (Wildman–Crippen LogP) is 4.19. The van der Waals surface area contributed by atoms with Crippen LogP contribution in [0.1, 0.15) is 22.3 Å². The normalized spacial score (nSPS) is 11.6. The standard InChI is InChI=1S/C12H13F3/c1-7-5-11(6-8(2)9(7)3)10(4)12(13,14)15/h5-6H,4H2,1-3H3. The fraction of sp³-hybridized carbons (Fsp3) is 0.333. The van der Waals surface area contributed by atoms with Crippen LogP contribution in [-0.4, -0.2) is 6.18 Å². The van der Waals surface area contributed by atoms with Gasteiger partial charge in [-0.05, 0) is 43.0 Å². The van der Waals surface area contributed by atoms with Crippen molar-refractivity contribution in [1.29, 1.82) is 0 Å². The monoisotopic (exact) mass is 214 g/mol. The third-order valence-electron chi connectivity index (χ3n) is 2.62. The van der Waals surface area contributed by atoms with Gasteiger partial charge in [-0.1, -0.05) is 18.7 Å². The van der Waals surface area contributed by atoms with Gasteiger partial charge >= 0.3 is 6.18 Å². The summed E-state index contributed by atoms with van der Waals surface area (Å²) in [6.07, 6.45) is -4.35. The van der Waals surface area contributed by atoms with Crippen molar-refractivity contribution in [2.24, 2.45) is 0 Å². The van der Waals surface area contributed by atoms with Crippen molar-refractivity contribution >= 4 is 5.57 Å². The predicted molar refractivity (Wildman–Crippen MR) is 55.7 cm³/mol. The Morgan fingerprint density at radius 1 is 1.07 bits per heavy atom. The van der Waals surface area contributed by atoms with Crippen molar-refractivity contribution in [2.45, 2.75) is 26.9 Å². The van der Waals surface area contributed by atoms with E-state index in [1.54, 1.807) is 13.8 Å². The highest BCUT2D eigenvalue weighted by atomic mass is 19.4. The van der Waals surface area contributed by atoms with Crippen molar-refractivity contribution < 1.29 is 13.2 Å². The second-order valence-corrected chi connectivity index (χ2v) is 3.71. The first-order chi connectivity index (χ1) is 6.73. The maximum Gasteiger partial charge on any atom is 0.416 e. The number of allylic oxidation sites excluding steroid dienone is 1. The molecular formula is C12H13F3. The molecule has 0 spiro atoms. The molecule has 0 unspecified atom stereocenters. The molecule has 1 aromatic rings. The van der Waals surface area contributed by atoms with Gasteiger partial charge in [0.2, 0.25) is 0 Å². The Balaban J connectivity index is 3.24. The highest BCUT2D eigenvalue weighted by Crippen LogP contribution is 2.33. The van der Waals surface area contributed by atoms with Crippen LogP contribution in [0.15, 0.2) is 18.7 Å². The average Bonchev–Trinajstić information content (AvgIpc) is 2.10. The summed E-state index contributed by atoms with van der Waals surface area (Å²) in [7, 11) is 0. The van der Waals surface area contributed by atoms with Crippen LogP contribution in [0.5, 0.6) is 0 Å². The molecule has 82 valence electrons. The molecule has 0 amide bonds. The van der Waals surface area contributed by atoms with Gasteiger partial charge in [0.1, 0.15) is 0 Å². The minimum Gasteiger partial charge on any atom is -0.166 e. The fourth-order valence-corrected chi connectivity index (χ4v) is 1.37. The van der Waals surface area contributed by atoms with Crippen LogP contribution < -0.4 is 0 Å². The highest BCUT2D eigenvalue weighted by Gasteiger charge is 2.33. The number of aryl methyl sites for hydroxylation is 2. The Hall–Kier alpha value is -1.25. The molecule has 0 aromatic heterocycles. The number of hydrogen-bond donors (Lipinski definition) is 0. The van der Waals surface area contributed by atoms with Gasteiger partial charge in [-0.3, -0.25) is 0 Å². The van der Waals surface area contributed by atoms with Crippen LogP contribution >= 0.6 is 0 Å². The maximum absolute atomic E-state index is 12.4. The van der Waals surface area contributed by atoms with E-state index >= 15 is 0 Å². The largest absolute Gasteiger partial charge is 0.416 e. The molecule has 15 heavy (non-hydrogen) atoms. The second-order valence-electron chi connectivity index (χ2n) is 3.71. The van der Waals surface area contributed by atoms with Gasteiger partial charge < -0.3 is 0 Å². The summed E-state index contributed by atoms with van der Waals surface area (Å²) in [5, 5.41) is 0. The van der Waals surface area contributed by atoms with Crippen molar-refractivity contribution in [2.75, 3.05) is 0 Å². The molecule has 1 rings (SSSR count). The van der Waals surface area contributed by atoms with Gasteiger partial charge in [0, 0.05) is 0 Å². The zero-order chi connectivity index (χ0) is 11.8. The summed E-state index contributed by atoms with van der Waals surface area (Å²) in [4.78, 5) is 0. The molecule has 0 aliphatic rings. The molecule has 0 nitrogen and oxygen atoms in total. The smallest absolute Gasteiger partial charge is 0.166 e. The number of benzene rings is 1. The van der Waals surface area contributed by atoms with Crippen molar-refractivity contribution in [3.8, 4) is 0 Å². The van der Waals surface area contributed by atoms with Crippen LogP contribution in [0.3, 0.4) is 0 Å². The second kappa shape index (κ2) is 3.72. The lowest BCUT2D eigenvalue weighted by Gasteiger charge is -2.13. The molecule has 1 aromatic carbocycles. The first-order valence-electron chi connectivity index (χ1n) is 4.58. The number of rotatable bonds is 1. The lowest BCUT2D eigenvalue weighted by molar-refractivity contribution is -0.0686. The van der Waals surface area contributed by atoms with Crippen molar-refractivity contribution in [3.63, 3.8) is 0 Å². The summed E-state index contributed by atoms with van der Waals surface area (Å²) in [5.41, 5.74) is 2.11. The molecule has 0 fully saturated rings. The van der Waals surface area contributed by atoms with E-state index in [1.807, 2.05) is 6.92 Å². The highest BCUT2D eigenvalue weighted by molar-refractivity contribution is 5.69. The van der Waals surface area contributed by atoms with Crippen molar-refractivity contribution in [1.82, 2.24) is 0 Å². The zero-order valence-electron chi connectivity index (χ0n) is 9.00. The Bertz CT molecular complexity index is 377. The molecule has 0 aliphatic carbocycles. The van der Waals surface area contributed by atoms with E-state index in [1.165, 1.54) is 12.1 Å². The van der Waals surface area contributed by atoms with Gasteiger partial charge in [-0.15, -0.1) is 0 Å². The fourth-order valence-electron chi connectivity index (χ4n) is 1.37. The summed E-state index contributed by atoms with van der Waals surface area (Å²) in [6.45, 7) is 8.58. The molecule has 0 saturated carbocycles. The van der Waals surface area contributed by atoms with E-state index in [2.05, 4.69) is 6.58 Å². The van der Waals surface area contributed by atoms with Crippen LogP contribution in [0.25, 0.3) is 5.57 Å². The van der Waals surface area contributed by atoms with Gasteiger partial charge in [0.05, 0.1) is 5.57 Å². The molecule has 0 atom stereocenters. The molecule has 0 bridgehead atoms. The lowest BCUT2D eigenvalue weighted by atomic mass is 9.97.